The van der Waals surface area contributed by atoms with Crippen LogP contribution in [0.4, 0.5) is 5.00 Å². The molecule has 4 rings (SSSR count). The smallest absolute Gasteiger partial charge is 0.340 e. The van der Waals surface area contributed by atoms with Crippen LogP contribution >= 0.6 is 11.3 Å². The SMILES string of the molecule is COC(=O)c1cc(Cc2ccccc2)sc1NC(=O)c1cc2cccc(O)c2oc1=N. The van der Waals surface area contributed by atoms with Crippen molar-refractivity contribution in [3.05, 3.63) is 87.8 Å². The van der Waals surface area contributed by atoms with E-state index in [0.29, 0.717) is 16.8 Å². The Bertz CT molecular complexity index is 1340. The van der Waals surface area contributed by atoms with Crippen LogP contribution < -0.4 is 10.9 Å². The van der Waals surface area contributed by atoms with Crippen LogP contribution in [0.3, 0.4) is 0 Å². The summed E-state index contributed by atoms with van der Waals surface area (Å²) in [5.41, 5.74) is 1.02. The summed E-state index contributed by atoms with van der Waals surface area (Å²) in [4.78, 5) is 26.0. The Labute approximate surface area is 181 Å². The van der Waals surface area contributed by atoms with Crippen LogP contribution in [-0.4, -0.2) is 24.1 Å². The number of hydrogen-bond donors (Lipinski definition) is 3. The molecule has 8 heteroatoms. The van der Waals surface area contributed by atoms with Gasteiger partial charge in [-0.3, -0.25) is 10.2 Å². The van der Waals surface area contributed by atoms with Crippen molar-refractivity contribution in [3.8, 4) is 5.75 Å². The van der Waals surface area contributed by atoms with Crippen LogP contribution in [0.2, 0.25) is 0 Å². The minimum Gasteiger partial charge on any atom is -0.504 e. The van der Waals surface area contributed by atoms with E-state index in [0.717, 1.165) is 10.4 Å². The number of anilines is 1. The van der Waals surface area contributed by atoms with Gasteiger partial charge in [0.1, 0.15) is 10.6 Å². The van der Waals surface area contributed by atoms with E-state index in [4.69, 9.17) is 14.6 Å². The third-order valence-electron chi connectivity index (χ3n) is 4.65. The van der Waals surface area contributed by atoms with Gasteiger partial charge in [0.05, 0.1) is 12.7 Å². The molecule has 0 spiro atoms. The van der Waals surface area contributed by atoms with Crippen molar-refractivity contribution in [2.45, 2.75) is 6.42 Å². The molecule has 4 aromatic rings. The molecule has 0 saturated heterocycles. The molecule has 2 aromatic carbocycles. The first-order chi connectivity index (χ1) is 15.0. The molecule has 0 saturated carbocycles. The second-order valence-corrected chi connectivity index (χ2v) is 7.89. The molecule has 0 aliphatic carbocycles. The summed E-state index contributed by atoms with van der Waals surface area (Å²) in [5, 5.41) is 21.4. The molecule has 31 heavy (non-hydrogen) atoms. The predicted octanol–water partition coefficient (Wildman–Crippen LogP) is 4.31. The summed E-state index contributed by atoms with van der Waals surface area (Å²) in [5.74, 6) is -1.28. The molecule has 0 aliphatic heterocycles. The van der Waals surface area contributed by atoms with Crippen molar-refractivity contribution < 1.29 is 23.8 Å². The van der Waals surface area contributed by atoms with Crippen LogP contribution in [-0.2, 0) is 11.2 Å². The molecular formula is C23H18N2O5S. The van der Waals surface area contributed by atoms with E-state index in [1.165, 1.54) is 30.6 Å². The first-order valence-corrected chi connectivity index (χ1v) is 10.1. The molecule has 7 nitrogen and oxygen atoms in total. The molecule has 0 unspecified atom stereocenters. The largest absolute Gasteiger partial charge is 0.504 e. The van der Waals surface area contributed by atoms with Crippen LogP contribution in [0, 0.1) is 5.41 Å². The van der Waals surface area contributed by atoms with Crippen LogP contribution in [0.15, 0.2) is 65.1 Å². The molecule has 0 atom stereocenters. The number of phenols is 1. The lowest BCUT2D eigenvalue weighted by atomic mass is 10.1. The number of carbonyl (C=O) groups is 2. The topological polar surface area (TPSA) is 113 Å². The maximum Gasteiger partial charge on any atom is 0.340 e. The summed E-state index contributed by atoms with van der Waals surface area (Å²) in [7, 11) is 1.28. The normalized spacial score (nSPS) is 10.7. The van der Waals surface area contributed by atoms with Gasteiger partial charge >= 0.3 is 5.97 Å². The van der Waals surface area contributed by atoms with Gasteiger partial charge in [-0.25, -0.2) is 4.79 Å². The standard InChI is InChI=1S/C23H18N2O5S/c1-29-23(28)17-12-15(10-13-6-3-2-4-7-13)31-22(17)25-21(27)16-11-14-8-5-9-18(26)19(14)30-20(16)24/h2-9,11-12,24,26H,10H2,1H3,(H,25,27). The predicted molar refractivity (Wildman–Crippen MR) is 117 cm³/mol. The number of ether oxygens (including phenoxy) is 1. The average Bonchev–Trinajstić information content (AvgIpc) is 3.16. The van der Waals surface area contributed by atoms with E-state index in [1.807, 2.05) is 30.3 Å². The molecule has 0 aliphatic rings. The molecule has 1 amide bonds. The molecule has 0 radical (unpaired) electrons. The Morgan fingerprint density at radius 2 is 1.87 bits per heavy atom. The number of methoxy groups -OCH3 is 1. The van der Waals surface area contributed by atoms with Crippen molar-refractivity contribution in [2.75, 3.05) is 12.4 Å². The fraction of sp³-hybridized carbons (Fsp3) is 0.0870. The number of nitrogens with one attached hydrogen (secondary N) is 2. The zero-order valence-electron chi connectivity index (χ0n) is 16.5. The van der Waals surface area contributed by atoms with E-state index in [-0.39, 0.29) is 22.5 Å². The maximum atomic E-state index is 12.9. The molecule has 0 bridgehead atoms. The second kappa shape index (κ2) is 8.45. The lowest BCUT2D eigenvalue weighted by Crippen LogP contribution is -2.21. The lowest BCUT2D eigenvalue weighted by Gasteiger charge is -2.07. The number of hydrogen-bond acceptors (Lipinski definition) is 7. The van der Waals surface area contributed by atoms with E-state index >= 15 is 0 Å². The highest BCUT2D eigenvalue weighted by Crippen LogP contribution is 2.31. The van der Waals surface area contributed by atoms with Gasteiger partial charge in [0.2, 0.25) is 5.55 Å². The number of phenolic OH excluding ortho intramolecular Hbond substituents is 1. The Balaban J connectivity index is 1.67. The zero-order valence-corrected chi connectivity index (χ0v) is 17.3. The van der Waals surface area contributed by atoms with Crippen LogP contribution in [0.1, 0.15) is 31.2 Å². The molecule has 2 heterocycles. The Morgan fingerprint density at radius 1 is 1.10 bits per heavy atom. The summed E-state index contributed by atoms with van der Waals surface area (Å²) >= 11 is 1.27. The first kappa shape index (κ1) is 20.4. The van der Waals surface area contributed by atoms with Crippen LogP contribution in [0.25, 0.3) is 11.0 Å². The van der Waals surface area contributed by atoms with Gasteiger partial charge in [-0.2, -0.15) is 0 Å². The number of thiophene rings is 1. The van der Waals surface area contributed by atoms with E-state index < -0.39 is 17.4 Å². The summed E-state index contributed by atoms with van der Waals surface area (Å²) in [6.07, 6.45) is 0.597. The van der Waals surface area contributed by atoms with Gasteiger partial charge in [0.25, 0.3) is 5.91 Å². The number of carbonyl (C=O) groups excluding carboxylic acids is 2. The highest BCUT2D eigenvalue weighted by atomic mass is 32.1. The zero-order chi connectivity index (χ0) is 22.0. The van der Waals surface area contributed by atoms with Crippen molar-refractivity contribution in [3.63, 3.8) is 0 Å². The van der Waals surface area contributed by atoms with Crippen molar-refractivity contribution in [1.29, 1.82) is 5.41 Å². The van der Waals surface area contributed by atoms with Crippen molar-refractivity contribution >= 4 is 39.2 Å². The van der Waals surface area contributed by atoms with Crippen molar-refractivity contribution in [1.82, 2.24) is 0 Å². The number of aromatic hydroxyl groups is 1. The number of esters is 1. The number of para-hydroxylation sites is 1. The Hall–Kier alpha value is -3.91. The molecule has 0 fully saturated rings. The lowest BCUT2D eigenvalue weighted by molar-refractivity contribution is 0.0602. The third-order valence-corrected chi connectivity index (χ3v) is 5.71. The van der Waals surface area contributed by atoms with Gasteiger partial charge in [0.15, 0.2) is 11.3 Å². The molecule has 156 valence electrons. The fourth-order valence-electron chi connectivity index (χ4n) is 3.16. The van der Waals surface area contributed by atoms with E-state index in [1.54, 1.807) is 18.2 Å². The summed E-state index contributed by atoms with van der Waals surface area (Å²) in [6.45, 7) is 0. The maximum absolute atomic E-state index is 12.9. The Morgan fingerprint density at radius 3 is 2.61 bits per heavy atom. The first-order valence-electron chi connectivity index (χ1n) is 9.33. The van der Waals surface area contributed by atoms with Gasteiger partial charge in [-0.15, -0.1) is 11.3 Å². The summed E-state index contributed by atoms with van der Waals surface area (Å²) in [6, 6.07) is 17.6. The van der Waals surface area contributed by atoms with Crippen LogP contribution in [0.5, 0.6) is 5.75 Å². The molecular weight excluding hydrogens is 416 g/mol. The minimum absolute atomic E-state index is 0.0214. The second-order valence-electron chi connectivity index (χ2n) is 6.75. The number of fused-ring (bicyclic) bond motifs is 1. The average molecular weight is 434 g/mol. The van der Waals surface area contributed by atoms with E-state index in [9.17, 15) is 14.7 Å². The van der Waals surface area contributed by atoms with Gasteiger partial charge in [-0.1, -0.05) is 42.5 Å². The minimum atomic E-state index is -0.600. The summed E-state index contributed by atoms with van der Waals surface area (Å²) < 4.78 is 10.2. The van der Waals surface area contributed by atoms with Crippen molar-refractivity contribution in [2.24, 2.45) is 0 Å². The van der Waals surface area contributed by atoms with Gasteiger partial charge in [0, 0.05) is 16.7 Å². The monoisotopic (exact) mass is 434 g/mol. The Kier molecular flexibility index (Phi) is 5.55. The van der Waals surface area contributed by atoms with Gasteiger partial charge in [-0.05, 0) is 23.8 Å². The fourth-order valence-corrected chi connectivity index (χ4v) is 4.24. The highest BCUT2D eigenvalue weighted by molar-refractivity contribution is 7.16. The van der Waals surface area contributed by atoms with E-state index in [2.05, 4.69) is 5.32 Å². The molecule has 2 aromatic heterocycles. The number of amides is 1. The highest BCUT2D eigenvalue weighted by Gasteiger charge is 2.21. The van der Waals surface area contributed by atoms with Gasteiger partial charge < -0.3 is 19.6 Å². The number of rotatable bonds is 5. The molecule has 3 N–H and O–H groups in total. The quantitative estimate of drug-likeness (QED) is 0.405. The number of benzene rings is 2. The third kappa shape index (κ3) is 4.19.